The Balaban J connectivity index is 1.28. The van der Waals surface area contributed by atoms with Crippen LogP contribution in [0.1, 0.15) is 24.2 Å². The van der Waals surface area contributed by atoms with E-state index in [0.29, 0.717) is 0 Å². The summed E-state index contributed by atoms with van der Waals surface area (Å²) < 4.78 is 8.40. The molecule has 7 nitrogen and oxygen atoms in total. The summed E-state index contributed by atoms with van der Waals surface area (Å²) in [6, 6.07) is 0. The molecule has 0 aromatic carbocycles. The SMILES string of the molecule is Cn1ccnc1CCN1CCOC2(CCN(Cc3cncnc3)CC2)C1. The Bertz CT molecular complexity index is 695. The summed E-state index contributed by atoms with van der Waals surface area (Å²) in [5.41, 5.74) is 1.22. The Labute approximate surface area is 155 Å². The first kappa shape index (κ1) is 17.6. The van der Waals surface area contributed by atoms with Crippen LogP contribution in [0.2, 0.25) is 0 Å². The molecule has 2 aromatic heterocycles. The number of aromatic nitrogens is 4. The third-order valence-electron chi connectivity index (χ3n) is 5.69. The molecule has 2 saturated heterocycles. The number of hydrogen-bond acceptors (Lipinski definition) is 6. The zero-order chi connectivity index (χ0) is 17.8. The van der Waals surface area contributed by atoms with Gasteiger partial charge in [-0.3, -0.25) is 9.80 Å². The summed E-state index contributed by atoms with van der Waals surface area (Å²) >= 11 is 0. The number of aryl methyl sites for hydroxylation is 1. The molecule has 140 valence electrons. The van der Waals surface area contributed by atoms with Gasteiger partial charge in [-0.25, -0.2) is 15.0 Å². The van der Waals surface area contributed by atoms with Gasteiger partial charge in [-0.1, -0.05) is 0 Å². The van der Waals surface area contributed by atoms with E-state index in [9.17, 15) is 0 Å². The zero-order valence-corrected chi connectivity index (χ0v) is 15.5. The first-order valence-corrected chi connectivity index (χ1v) is 9.51. The minimum Gasteiger partial charge on any atom is -0.372 e. The van der Waals surface area contributed by atoms with Gasteiger partial charge >= 0.3 is 0 Å². The molecule has 0 amide bonds. The summed E-state index contributed by atoms with van der Waals surface area (Å²) in [5, 5.41) is 0. The Hall–Kier alpha value is -1.83. The largest absolute Gasteiger partial charge is 0.372 e. The third-order valence-corrected chi connectivity index (χ3v) is 5.69. The average Bonchev–Trinajstić information content (AvgIpc) is 3.08. The van der Waals surface area contributed by atoms with E-state index in [1.54, 1.807) is 6.33 Å². The van der Waals surface area contributed by atoms with Crippen molar-refractivity contribution < 1.29 is 4.74 Å². The van der Waals surface area contributed by atoms with E-state index in [-0.39, 0.29) is 5.60 Å². The van der Waals surface area contributed by atoms with Crippen molar-refractivity contribution in [3.8, 4) is 0 Å². The van der Waals surface area contributed by atoms with Gasteiger partial charge in [0.2, 0.25) is 0 Å². The van der Waals surface area contributed by atoms with Crippen molar-refractivity contribution in [3.63, 3.8) is 0 Å². The fourth-order valence-corrected chi connectivity index (χ4v) is 4.10. The van der Waals surface area contributed by atoms with Crippen LogP contribution in [0.25, 0.3) is 0 Å². The van der Waals surface area contributed by atoms with Crippen LogP contribution in [0.15, 0.2) is 31.1 Å². The number of morpholine rings is 1. The van der Waals surface area contributed by atoms with Crippen molar-refractivity contribution >= 4 is 0 Å². The molecule has 26 heavy (non-hydrogen) atoms. The molecule has 4 heterocycles. The lowest BCUT2D eigenvalue weighted by Gasteiger charge is -2.47. The number of nitrogens with zero attached hydrogens (tertiary/aromatic N) is 6. The molecule has 0 aliphatic carbocycles. The van der Waals surface area contributed by atoms with Gasteiger partial charge in [0.05, 0.1) is 12.2 Å². The highest BCUT2D eigenvalue weighted by Gasteiger charge is 2.39. The molecule has 0 N–H and O–H groups in total. The van der Waals surface area contributed by atoms with Gasteiger partial charge in [0.25, 0.3) is 0 Å². The second-order valence-corrected chi connectivity index (χ2v) is 7.53. The molecule has 2 fully saturated rings. The second kappa shape index (κ2) is 7.82. The highest BCUT2D eigenvalue weighted by atomic mass is 16.5. The maximum absolute atomic E-state index is 6.28. The lowest BCUT2D eigenvalue weighted by molar-refractivity contribution is -0.136. The van der Waals surface area contributed by atoms with Crippen molar-refractivity contribution in [2.24, 2.45) is 7.05 Å². The van der Waals surface area contributed by atoms with Gasteiger partial charge in [-0.2, -0.15) is 0 Å². The van der Waals surface area contributed by atoms with Gasteiger partial charge in [-0.05, 0) is 12.8 Å². The summed E-state index contributed by atoms with van der Waals surface area (Å²) in [6.45, 7) is 7.04. The van der Waals surface area contributed by atoms with E-state index in [4.69, 9.17) is 4.74 Å². The number of hydrogen-bond donors (Lipinski definition) is 0. The predicted octanol–water partition coefficient (Wildman–Crippen LogP) is 1.12. The lowest BCUT2D eigenvalue weighted by Crippen LogP contribution is -2.57. The van der Waals surface area contributed by atoms with E-state index in [0.717, 1.165) is 71.0 Å². The van der Waals surface area contributed by atoms with Crippen LogP contribution in [0.4, 0.5) is 0 Å². The Kier molecular flexibility index (Phi) is 5.28. The van der Waals surface area contributed by atoms with Gasteiger partial charge in [0, 0.05) is 83.1 Å². The number of piperidine rings is 1. The first-order valence-electron chi connectivity index (χ1n) is 9.51. The van der Waals surface area contributed by atoms with Crippen LogP contribution in [0.5, 0.6) is 0 Å². The molecule has 4 rings (SSSR count). The van der Waals surface area contributed by atoms with E-state index in [1.165, 1.54) is 5.56 Å². The average molecular weight is 356 g/mol. The quantitative estimate of drug-likeness (QED) is 0.800. The van der Waals surface area contributed by atoms with E-state index in [2.05, 4.69) is 36.4 Å². The maximum atomic E-state index is 6.28. The zero-order valence-electron chi connectivity index (χ0n) is 15.5. The molecule has 1 spiro atoms. The van der Waals surface area contributed by atoms with Crippen molar-refractivity contribution in [1.82, 2.24) is 29.3 Å². The van der Waals surface area contributed by atoms with Crippen molar-refractivity contribution in [2.45, 2.75) is 31.4 Å². The second-order valence-electron chi connectivity index (χ2n) is 7.53. The number of ether oxygens (including phenoxy) is 1. The van der Waals surface area contributed by atoms with Crippen molar-refractivity contribution in [1.29, 1.82) is 0 Å². The standard InChI is InChI=1S/C19H28N6O/c1-23-9-5-22-18(23)2-6-25-10-11-26-19(15-25)3-7-24(8-4-19)14-17-12-20-16-21-13-17/h5,9,12-13,16H,2-4,6-8,10-11,14-15H2,1H3. The van der Waals surface area contributed by atoms with Crippen LogP contribution >= 0.6 is 0 Å². The van der Waals surface area contributed by atoms with Gasteiger partial charge in [-0.15, -0.1) is 0 Å². The van der Waals surface area contributed by atoms with Crippen molar-refractivity contribution in [3.05, 3.63) is 42.5 Å². The number of rotatable bonds is 5. The van der Waals surface area contributed by atoms with Crippen LogP contribution in [-0.4, -0.2) is 74.3 Å². The molecule has 7 heteroatoms. The Morgan fingerprint density at radius 3 is 2.65 bits per heavy atom. The van der Waals surface area contributed by atoms with Crippen LogP contribution < -0.4 is 0 Å². The van der Waals surface area contributed by atoms with Gasteiger partial charge in [0.1, 0.15) is 12.2 Å². The molecule has 2 aliphatic rings. The predicted molar refractivity (Wildman–Crippen MR) is 98.6 cm³/mol. The summed E-state index contributed by atoms with van der Waals surface area (Å²) in [6.07, 6.45) is 12.5. The minimum absolute atomic E-state index is 0.0313. The topological polar surface area (TPSA) is 59.3 Å². The number of likely N-dealkylation sites (tertiary alicyclic amines) is 1. The molecule has 0 radical (unpaired) electrons. The summed E-state index contributed by atoms with van der Waals surface area (Å²) in [5.74, 6) is 1.16. The van der Waals surface area contributed by atoms with E-state index in [1.807, 2.05) is 24.8 Å². The van der Waals surface area contributed by atoms with Gasteiger partial charge in [0.15, 0.2) is 0 Å². The molecule has 2 aromatic rings. The normalized spacial score (nSPS) is 21.3. The molecule has 0 saturated carbocycles. The molecule has 0 unspecified atom stereocenters. The molecule has 0 bridgehead atoms. The van der Waals surface area contributed by atoms with E-state index >= 15 is 0 Å². The smallest absolute Gasteiger partial charge is 0.115 e. The summed E-state index contributed by atoms with van der Waals surface area (Å²) in [7, 11) is 2.07. The summed E-state index contributed by atoms with van der Waals surface area (Å²) in [4.78, 5) is 17.7. The molecular weight excluding hydrogens is 328 g/mol. The van der Waals surface area contributed by atoms with Gasteiger partial charge < -0.3 is 9.30 Å². The number of imidazole rings is 1. The third kappa shape index (κ3) is 4.11. The maximum Gasteiger partial charge on any atom is 0.115 e. The van der Waals surface area contributed by atoms with Crippen LogP contribution in [0, 0.1) is 0 Å². The Morgan fingerprint density at radius 1 is 1.12 bits per heavy atom. The van der Waals surface area contributed by atoms with E-state index < -0.39 is 0 Å². The molecule has 0 atom stereocenters. The van der Waals surface area contributed by atoms with Crippen molar-refractivity contribution in [2.75, 3.05) is 39.3 Å². The lowest BCUT2D eigenvalue weighted by atomic mass is 9.89. The monoisotopic (exact) mass is 356 g/mol. The minimum atomic E-state index is 0.0313. The highest BCUT2D eigenvalue weighted by molar-refractivity contribution is 5.03. The fraction of sp³-hybridized carbons (Fsp3) is 0.632. The van der Waals surface area contributed by atoms with Crippen LogP contribution in [-0.2, 0) is 24.8 Å². The first-order chi connectivity index (χ1) is 12.7. The molecule has 2 aliphatic heterocycles. The molecular formula is C19H28N6O. The highest BCUT2D eigenvalue weighted by Crippen LogP contribution is 2.30. The fourth-order valence-electron chi connectivity index (χ4n) is 4.10. The Morgan fingerprint density at radius 2 is 1.92 bits per heavy atom. The van der Waals surface area contributed by atoms with Crippen LogP contribution in [0.3, 0.4) is 0 Å².